The molecule has 10 heteroatoms. The van der Waals surface area contributed by atoms with Gasteiger partial charge in [-0.15, -0.1) is 0 Å². The second-order valence-electron chi connectivity index (χ2n) is 7.86. The molecule has 7 nitrogen and oxygen atoms in total. The smallest absolute Gasteiger partial charge is 0.338 e. The van der Waals surface area contributed by atoms with Crippen LogP contribution < -0.4 is 5.32 Å². The number of sulfonamides is 1. The molecule has 1 unspecified atom stereocenters. The number of benzene rings is 2. The quantitative estimate of drug-likeness (QED) is 0.591. The highest BCUT2D eigenvalue weighted by Gasteiger charge is 2.31. The molecular formula is C22H24Cl2N2O5S. The van der Waals surface area contributed by atoms with E-state index in [1.165, 1.54) is 22.5 Å². The maximum absolute atomic E-state index is 13.1. The lowest BCUT2D eigenvalue weighted by atomic mass is 10.0. The van der Waals surface area contributed by atoms with Gasteiger partial charge in [0.05, 0.1) is 21.3 Å². The van der Waals surface area contributed by atoms with Gasteiger partial charge in [-0.1, -0.05) is 36.2 Å². The fraction of sp³-hybridized carbons (Fsp3) is 0.364. The molecule has 1 atom stereocenters. The molecule has 3 rings (SSSR count). The van der Waals surface area contributed by atoms with Gasteiger partial charge in [0.2, 0.25) is 10.0 Å². The predicted octanol–water partition coefficient (Wildman–Crippen LogP) is 4.52. The van der Waals surface area contributed by atoms with Gasteiger partial charge in [0.1, 0.15) is 4.90 Å². The highest BCUT2D eigenvalue weighted by molar-refractivity contribution is 7.89. The number of hydrogen-bond acceptors (Lipinski definition) is 5. The van der Waals surface area contributed by atoms with Gasteiger partial charge in [-0.2, -0.15) is 4.31 Å². The molecular weight excluding hydrogens is 475 g/mol. The van der Waals surface area contributed by atoms with E-state index in [1.54, 1.807) is 18.2 Å². The number of nitrogens with zero attached hydrogens (tertiary/aromatic N) is 1. The highest BCUT2D eigenvalue weighted by atomic mass is 35.5. The normalized spacial score (nSPS) is 17.1. The molecule has 1 saturated heterocycles. The molecule has 172 valence electrons. The van der Waals surface area contributed by atoms with E-state index in [0.29, 0.717) is 23.8 Å². The number of aryl methyl sites for hydroxylation is 1. The molecule has 0 bridgehead atoms. The summed E-state index contributed by atoms with van der Waals surface area (Å²) < 4.78 is 32.6. The maximum atomic E-state index is 13.1. The van der Waals surface area contributed by atoms with Crippen molar-refractivity contribution in [2.45, 2.75) is 31.6 Å². The second-order valence-corrected chi connectivity index (χ2v) is 10.6. The van der Waals surface area contributed by atoms with Crippen molar-refractivity contribution < 1.29 is 22.7 Å². The molecule has 2 aromatic rings. The summed E-state index contributed by atoms with van der Waals surface area (Å²) >= 11 is 12.2. The van der Waals surface area contributed by atoms with E-state index in [0.717, 1.165) is 18.4 Å². The van der Waals surface area contributed by atoms with Gasteiger partial charge in [-0.25, -0.2) is 13.2 Å². The maximum Gasteiger partial charge on any atom is 0.338 e. The lowest BCUT2D eigenvalue weighted by molar-refractivity contribution is -0.119. The minimum absolute atomic E-state index is 0.0146. The van der Waals surface area contributed by atoms with Crippen molar-refractivity contribution in [2.75, 3.05) is 25.0 Å². The van der Waals surface area contributed by atoms with Gasteiger partial charge >= 0.3 is 5.97 Å². The standard InChI is InChI=1S/C22H24Cl2N2O5S/c1-14-5-8-19(18(24)10-14)25-21(27)13-31-22(28)16-6-7-17(23)20(11-16)32(29,30)26-9-3-4-15(2)12-26/h5-8,10-11,15H,3-4,9,12-13H2,1-2H3,(H,25,27). The lowest BCUT2D eigenvalue weighted by Gasteiger charge is -2.30. The Morgan fingerprint density at radius 1 is 1.16 bits per heavy atom. The number of ether oxygens (including phenoxy) is 1. The topological polar surface area (TPSA) is 92.8 Å². The van der Waals surface area contributed by atoms with Gasteiger partial charge < -0.3 is 10.1 Å². The average Bonchev–Trinajstić information content (AvgIpc) is 2.74. The molecule has 0 saturated carbocycles. The minimum Gasteiger partial charge on any atom is -0.452 e. The highest BCUT2D eigenvalue weighted by Crippen LogP contribution is 2.29. The zero-order valence-electron chi connectivity index (χ0n) is 17.7. The second kappa shape index (κ2) is 10.2. The van der Waals surface area contributed by atoms with Crippen molar-refractivity contribution in [3.8, 4) is 0 Å². The van der Waals surface area contributed by atoms with Crippen LogP contribution in [0.5, 0.6) is 0 Å². The first-order valence-electron chi connectivity index (χ1n) is 10.1. The Hall–Kier alpha value is -2.13. The van der Waals surface area contributed by atoms with Crippen molar-refractivity contribution in [1.82, 2.24) is 4.31 Å². The minimum atomic E-state index is -3.86. The van der Waals surface area contributed by atoms with Gasteiger partial charge in [0, 0.05) is 13.1 Å². The molecule has 1 N–H and O–H groups in total. The van der Waals surface area contributed by atoms with Crippen LogP contribution in [0.15, 0.2) is 41.3 Å². The zero-order valence-corrected chi connectivity index (χ0v) is 20.1. The molecule has 0 spiro atoms. The number of piperidine rings is 1. The summed E-state index contributed by atoms with van der Waals surface area (Å²) in [6.45, 7) is 4.10. The van der Waals surface area contributed by atoms with Gasteiger partial charge in [0.15, 0.2) is 6.61 Å². The number of carbonyl (C=O) groups is 2. The van der Waals surface area contributed by atoms with Crippen LogP contribution in [-0.2, 0) is 19.6 Å². The van der Waals surface area contributed by atoms with Crippen LogP contribution in [0, 0.1) is 12.8 Å². The number of esters is 1. The Morgan fingerprint density at radius 2 is 1.91 bits per heavy atom. The number of carbonyl (C=O) groups excluding carboxylic acids is 2. The summed E-state index contributed by atoms with van der Waals surface area (Å²) in [5, 5.41) is 2.95. The number of hydrogen-bond donors (Lipinski definition) is 1. The van der Waals surface area contributed by atoms with Gasteiger partial charge in [-0.05, 0) is 61.6 Å². The molecule has 2 aromatic carbocycles. The van der Waals surface area contributed by atoms with E-state index in [2.05, 4.69) is 5.32 Å². The average molecular weight is 499 g/mol. The Labute approximate surface area is 197 Å². The Balaban J connectivity index is 1.69. The van der Waals surface area contributed by atoms with Crippen LogP contribution in [0.2, 0.25) is 10.0 Å². The van der Waals surface area contributed by atoms with Gasteiger partial charge in [-0.3, -0.25) is 4.79 Å². The van der Waals surface area contributed by atoms with Crippen molar-refractivity contribution >= 4 is 50.8 Å². The third-order valence-corrected chi connectivity index (χ3v) is 7.80. The van der Waals surface area contributed by atoms with Gasteiger partial charge in [0.25, 0.3) is 5.91 Å². The van der Waals surface area contributed by atoms with Crippen molar-refractivity contribution in [3.63, 3.8) is 0 Å². The Morgan fingerprint density at radius 3 is 2.59 bits per heavy atom. The Bertz CT molecular complexity index is 1140. The van der Waals surface area contributed by atoms with Crippen LogP contribution in [0.25, 0.3) is 0 Å². The van der Waals surface area contributed by atoms with Crippen LogP contribution in [0.4, 0.5) is 5.69 Å². The lowest BCUT2D eigenvalue weighted by Crippen LogP contribution is -2.39. The summed E-state index contributed by atoms with van der Waals surface area (Å²) in [6, 6.07) is 9.01. The number of amides is 1. The SMILES string of the molecule is Cc1ccc(NC(=O)COC(=O)c2ccc(Cl)c(S(=O)(=O)N3CCCC(C)C3)c2)c(Cl)c1. The van der Waals surface area contributed by atoms with E-state index in [-0.39, 0.29) is 21.4 Å². The molecule has 1 aliphatic heterocycles. The molecule has 0 radical (unpaired) electrons. The van der Waals surface area contributed by atoms with Crippen molar-refractivity contribution in [1.29, 1.82) is 0 Å². The Kier molecular flexibility index (Phi) is 7.82. The summed E-state index contributed by atoms with van der Waals surface area (Å²) in [5.74, 6) is -1.17. The molecule has 0 aromatic heterocycles. The first-order chi connectivity index (χ1) is 15.1. The molecule has 0 aliphatic carbocycles. The monoisotopic (exact) mass is 498 g/mol. The molecule has 1 amide bonds. The van der Waals surface area contributed by atoms with Crippen LogP contribution in [-0.4, -0.2) is 44.3 Å². The summed E-state index contributed by atoms with van der Waals surface area (Å²) in [5.41, 5.74) is 1.32. The first-order valence-corrected chi connectivity index (χ1v) is 12.3. The largest absolute Gasteiger partial charge is 0.452 e. The van der Waals surface area contributed by atoms with E-state index in [4.69, 9.17) is 27.9 Å². The molecule has 32 heavy (non-hydrogen) atoms. The number of nitrogens with one attached hydrogen (secondary N) is 1. The van der Waals surface area contributed by atoms with E-state index >= 15 is 0 Å². The molecule has 1 aliphatic rings. The van der Waals surface area contributed by atoms with E-state index in [9.17, 15) is 18.0 Å². The predicted molar refractivity (Wildman–Crippen MR) is 124 cm³/mol. The van der Waals surface area contributed by atoms with Crippen molar-refractivity contribution in [2.24, 2.45) is 5.92 Å². The van der Waals surface area contributed by atoms with Crippen LogP contribution in [0.3, 0.4) is 0 Å². The van der Waals surface area contributed by atoms with Crippen LogP contribution >= 0.6 is 23.2 Å². The third kappa shape index (κ3) is 5.81. The number of anilines is 1. The summed E-state index contributed by atoms with van der Waals surface area (Å²) in [7, 11) is -3.86. The summed E-state index contributed by atoms with van der Waals surface area (Å²) in [6.07, 6.45) is 1.72. The molecule has 1 fully saturated rings. The number of halogens is 2. The van der Waals surface area contributed by atoms with E-state index in [1.807, 2.05) is 13.8 Å². The fourth-order valence-corrected chi connectivity index (χ4v) is 5.84. The van der Waals surface area contributed by atoms with Crippen LogP contribution in [0.1, 0.15) is 35.7 Å². The number of rotatable bonds is 6. The third-order valence-electron chi connectivity index (χ3n) is 5.14. The summed E-state index contributed by atoms with van der Waals surface area (Å²) in [4.78, 5) is 24.4. The van der Waals surface area contributed by atoms with Crippen molar-refractivity contribution in [3.05, 3.63) is 57.6 Å². The molecule has 1 heterocycles. The zero-order chi connectivity index (χ0) is 23.5. The first kappa shape index (κ1) is 24.5. The fourth-order valence-electron chi connectivity index (χ4n) is 3.45. The van der Waals surface area contributed by atoms with E-state index < -0.39 is 28.5 Å².